The second-order valence-corrected chi connectivity index (χ2v) is 5.50. The van der Waals surface area contributed by atoms with E-state index in [1.807, 2.05) is 12.1 Å². The molecular weight excluding hydrogens is 224 g/mol. The van der Waals surface area contributed by atoms with Gasteiger partial charge in [0.15, 0.2) is 0 Å². The van der Waals surface area contributed by atoms with Crippen LogP contribution in [0.25, 0.3) is 0 Å². The minimum Gasteiger partial charge on any atom is -0.366 e. The van der Waals surface area contributed by atoms with Gasteiger partial charge in [0.2, 0.25) is 0 Å². The zero-order chi connectivity index (χ0) is 12.5. The van der Waals surface area contributed by atoms with Crippen molar-refractivity contribution in [3.63, 3.8) is 0 Å². The Balaban J connectivity index is 1.79. The smallest absolute Gasteiger partial charge is 0.150 e. The highest BCUT2D eigenvalue weighted by molar-refractivity contribution is 5.75. The van der Waals surface area contributed by atoms with Crippen LogP contribution < -0.4 is 4.90 Å². The first-order valence-corrected chi connectivity index (χ1v) is 6.84. The lowest BCUT2D eigenvalue weighted by Gasteiger charge is -2.43. The van der Waals surface area contributed by atoms with Crippen LogP contribution in [-0.2, 0) is 0 Å². The molecule has 1 aromatic rings. The molecule has 0 radical (unpaired) electrons. The number of rotatable bonds is 2. The average Bonchev–Trinajstić information content (AvgIpc) is 2.85. The van der Waals surface area contributed by atoms with Gasteiger partial charge in [0, 0.05) is 36.4 Å². The highest BCUT2D eigenvalue weighted by atomic mass is 16.1. The molecule has 0 saturated carbocycles. The molecule has 3 heteroatoms. The number of anilines is 1. The van der Waals surface area contributed by atoms with Crippen LogP contribution in [0.15, 0.2) is 24.3 Å². The molecule has 2 atom stereocenters. The molecule has 0 aliphatic carbocycles. The van der Waals surface area contributed by atoms with E-state index in [4.69, 9.17) is 0 Å². The number of piperazine rings is 1. The molecule has 2 aliphatic heterocycles. The highest BCUT2D eigenvalue weighted by Gasteiger charge is 2.34. The number of benzene rings is 1. The van der Waals surface area contributed by atoms with Crippen molar-refractivity contribution in [1.29, 1.82) is 0 Å². The van der Waals surface area contributed by atoms with E-state index < -0.39 is 0 Å². The van der Waals surface area contributed by atoms with Crippen molar-refractivity contribution >= 4 is 12.0 Å². The Kier molecular flexibility index (Phi) is 3.08. The van der Waals surface area contributed by atoms with Crippen molar-refractivity contribution in [3.8, 4) is 0 Å². The van der Waals surface area contributed by atoms with Crippen molar-refractivity contribution < 1.29 is 4.79 Å². The summed E-state index contributed by atoms with van der Waals surface area (Å²) in [6, 6.07) is 9.26. The first-order chi connectivity index (χ1) is 8.78. The second-order valence-electron chi connectivity index (χ2n) is 5.50. The fourth-order valence-electron chi connectivity index (χ4n) is 3.29. The molecule has 3 rings (SSSR count). The summed E-state index contributed by atoms with van der Waals surface area (Å²) >= 11 is 0. The van der Waals surface area contributed by atoms with Gasteiger partial charge in [0.25, 0.3) is 0 Å². The van der Waals surface area contributed by atoms with E-state index in [1.165, 1.54) is 31.6 Å². The maximum Gasteiger partial charge on any atom is 0.150 e. The zero-order valence-electron chi connectivity index (χ0n) is 10.9. The van der Waals surface area contributed by atoms with Gasteiger partial charge in [-0.1, -0.05) is 0 Å². The molecule has 2 saturated heterocycles. The number of hydrogen-bond acceptors (Lipinski definition) is 3. The standard InChI is InChI=1S/C15H20N2O/c1-12-9-16-8-2-3-15(16)10-17(12)14-6-4-13(11-18)5-7-14/h4-7,11-12,15H,2-3,8-10H2,1H3. The summed E-state index contributed by atoms with van der Waals surface area (Å²) in [5.41, 5.74) is 2.01. The Bertz CT molecular complexity index is 429. The Labute approximate surface area is 108 Å². The lowest BCUT2D eigenvalue weighted by molar-refractivity contribution is 0.112. The third-order valence-corrected chi connectivity index (χ3v) is 4.30. The first kappa shape index (κ1) is 11.7. The van der Waals surface area contributed by atoms with E-state index in [-0.39, 0.29) is 0 Å². The van der Waals surface area contributed by atoms with Crippen molar-refractivity contribution in [2.45, 2.75) is 31.8 Å². The summed E-state index contributed by atoms with van der Waals surface area (Å²) in [7, 11) is 0. The lowest BCUT2D eigenvalue weighted by atomic mass is 10.1. The molecule has 2 aliphatic rings. The van der Waals surface area contributed by atoms with Crippen LogP contribution in [0.5, 0.6) is 0 Å². The molecule has 0 bridgehead atoms. The van der Waals surface area contributed by atoms with E-state index in [2.05, 4.69) is 28.9 Å². The number of hydrogen-bond donors (Lipinski definition) is 0. The number of carbonyl (C=O) groups excluding carboxylic acids is 1. The quantitative estimate of drug-likeness (QED) is 0.745. The SMILES string of the molecule is CC1CN2CCCC2CN1c1ccc(C=O)cc1. The molecule has 0 amide bonds. The molecule has 96 valence electrons. The summed E-state index contributed by atoms with van der Waals surface area (Å²) in [5.74, 6) is 0. The molecule has 2 fully saturated rings. The van der Waals surface area contributed by atoms with Gasteiger partial charge >= 0.3 is 0 Å². The molecule has 0 aromatic heterocycles. The van der Waals surface area contributed by atoms with Gasteiger partial charge in [0.1, 0.15) is 6.29 Å². The Morgan fingerprint density at radius 3 is 2.72 bits per heavy atom. The highest BCUT2D eigenvalue weighted by Crippen LogP contribution is 2.28. The molecule has 18 heavy (non-hydrogen) atoms. The first-order valence-electron chi connectivity index (χ1n) is 6.84. The lowest BCUT2D eigenvalue weighted by Crippen LogP contribution is -2.55. The van der Waals surface area contributed by atoms with Gasteiger partial charge in [-0.3, -0.25) is 9.69 Å². The number of carbonyl (C=O) groups is 1. The van der Waals surface area contributed by atoms with E-state index in [0.29, 0.717) is 6.04 Å². The van der Waals surface area contributed by atoms with Gasteiger partial charge in [-0.25, -0.2) is 0 Å². The fraction of sp³-hybridized carbons (Fsp3) is 0.533. The predicted octanol–water partition coefficient (Wildman–Crippen LogP) is 2.17. The van der Waals surface area contributed by atoms with Crippen molar-refractivity contribution in [2.24, 2.45) is 0 Å². The fourth-order valence-corrected chi connectivity index (χ4v) is 3.29. The van der Waals surface area contributed by atoms with E-state index >= 15 is 0 Å². The van der Waals surface area contributed by atoms with Crippen LogP contribution in [0.3, 0.4) is 0 Å². The van der Waals surface area contributed by atoms with Gasteiger partial charge in [-0.05, 0) is 50.6 Å². The van der Waals surface area contributed by atoms with E-state index in [0.717, 1.165) is 24.4 Å². The Hall–Kier alpha value is -1.35. The Morgan fingerprint density at radius 2 is 2.00 bits per heavy atom. The zero-order valence-corrected chi connectivity index (χ0v) is 10.9. The van der Waals surface area contributed by atoms with Crippen LogP contribution in [0.2, 0.25) is 0 Å². The topological polar surface area (TPSA) is 23.6 Å². The maximum absolute atomic E-state index is 10.7. The summed E-state index contributed by atoms with van der Waals surface area (Å²) in [6.07, 6.45) is 3.58. The molecule has 3 nitrogen and oxygen atoms in total. The van der Waals surface area contributed by atoms with Gasteiger partial charge in [0.05, 0.1) is 0 Å². The van der Waals surface area contributed by atoms with Crippen molar-refractivity contribution in [3.05, 3.63) is 29.8 Å². The number of fused-ring (bicyclic) bond motifs is 1. The minimum absolute atomic E-state index is 0.557. The molecule has 2 heterocycles. The van der Waals surface area contributed by atoms with Crippen LogP contribution in [0.4, 0.5) is 5.69 Å². The van der Waals surface area contributed by atoms with Gasteiger partial charge in [-0.15, -0.1) is 0 Å². The van der Waals surface area contributed by atoms with Crippen LogP contribution in [-0.4, -0.2) is 42.9 Å². The van der Waals surface area contributed by atoms with Crippen molar-refractivity contribution in [1.82, 2.24) is 4.90 Å². The summed E-state index contributed by atoms with van der Waals surface area (Å²) in [5, 5.41) is 0. The predicted molar refractivity (Wildman–Crippen MR) is 73.2 cm³/mol. The van der Waals surface area contributed by atoms with E-state index in [9.17, 15) is 4.79 Å². The van der Waals surface area contributed by atoms with Gasteiger partial charge < -0.3 is 4.90 Å². The minimum atomic E-state index is 0.557. The third-order valence-electron chi connectivity index (χ3n) is 4.30. The van der Waals surface area contributed by atoms with Crippen LogP contribution >= 0.6 is 0 Å². The van der Waals surface area contributed by atoms with Gasteiger partial charge in [-0.2, -0.15) is 0 Å². The maximum atomic E-state index is 10.7. The third kappa shape index (κ3) is 2.03. The molecule has 0 N–H and O–H groups in total. The normalized spacial score (nSPS) is 28.2. The monoisotopic (exact) mass is 244 g/mol. The summed E-state index contributed by atoms with van der Waals surface area (Å²) in [6.45, 7) is 5.86. The van der Waals surface area contributed by atoms with E-state index in [1.54, 1.807) is 0 Å². The molecule has 1 aromatic carbocycles. The van der Waals surface area contributed by atoms with Crippen LogP contribution in [0, 0.1) is 0 Å². The number of aldehydes is 1. The number of nitrogens with zero attached hydrogens (tertiary/aromatic N) is 2. The van der Waals surface area contributed by atoms with Crippen LogP contribution in [0.1, 0.15) is 30.1 Å². The second kappa shape index (κ2) is 4.73. The summed E-state index contributed by atoms with van der Waals surface area (Å²) < 4.78 is 0. The molecule has 0 spiro atoms. The molecular formula is C15H20N2O. The molecule has 2 unspecified atom stereocenters. The average molecular weight is 244 g/mol. The largest absolute Gasteiger partial charge is 0.366 e. The van der Waals surface area contributed by atoms with Crippen molar-refractivity contribution in [2.75, 3.05) is 24.5 Å². The summed E-state index contributed by atoms with van der Waals surface area (Å²) in [4.78, 5) is 15.8. The Morgan fingerprint density at radius 1 is 1.22 bits per heavy atom.